The maximum Gasteiger partial charge on any atom is 0.0891 e. The summed E-state index contributed by atoms with van der Waals surface area (Å²) in [5.41, 5.74) is 3.14. The molecule has 0 radical (unpaired) electrons. The lowest BCUT2D eigenvalue weighted by atomic mass is 10.0. The van der Waals surface area contributed by atoms with E-state index in [9.17, 15) is 0 Å². The normalized spacial score (nSPS) is 16.0. The molecule has 0 atom stereocenters. The standard InChI is InChI=1S/C24H29ClN4/c1-2-28-15-12-22(13-16-28)29(17-11-20-7-3-4-14-26-20)18-21-10-9-19-6-5-8-23(25)24(19)27-21/h3-10,14,22H,2,11-13,15-18H2,1H3. The van der Waals surface area contributed by atoms with Crippen LogP contribution in [0.4, 0.5) is 0 Å². The van der Waals surface area contributed by atoms with Crippen LogP contribution in [0.25, 0.3) is 10.9 Å². The Morgan fingerprint density at radius 3 is 2.66 bits per heavy atom. The number of halogens is 1. The van der Waals surface area contributed by atoms with Crippen LogP contribution in [-0.4, -0.2) is 52.0 Å². The molecule has 1 aromatic carbocycles. The number of pyridine rings is 2. The molecule has 152 valence electrons. The number of hydrogen-bond acceptors (Lipinski definition) is 4. The molecule has 0 aliphatic carbocycles. The average Bonchev–Trinajstić information content (AvgIpc) is 2.78. The van der Waals surface area contributed by atoms with Gasteiger partial charge in [-0.2, -0.15) is 0 Å². The van der Waals surface area contributed by atoms with E-state index in [0.717, 1.165) is 53.4 Å². The molecule has 1 saturated heterocycles. The van der Waals surface area contributed by atoms with Gasteiger partial charge in [-0.25, -0.2) is 4.98 Å². The van der Waals surface area contributed by atoms with Gasteiger partial charge in [0.2, 0.25) is 0 Å². The highest BCUT2D eigenvalue weighted by atomic mass is 35.5. The van der Waals surface area contributed by atoms with Crippen LogP contribution in [0.15, 0.2) is 54.7 Å². The van der Waals surface area contributed by atoms with Gasteiger partial charge in [-0.15, -0.1) is 0 Å². The van der Waals surface area contributed by atoms with Crippen molar-refractivity contribution >= 4 is 22.5 Å². The molecule has 0 saturated carbocycles. The number of rotatable bonds is 7. The molecule has 1 aliphatic heterocycles. The van der Waals surface area contributed by atoms with Crippen LogP contribution in [0.3, 0.4) is 0 Å². The Labute approximate surface area is 178 Å². The zero-order valence-corrected chi connectivity index (χ0v) is 17.9. The highest BCUT2D eigenvalue weighted by Crippen LogP contribution is 2.24. The van der Waals surface area contributed by atoms with Crippen molar-refractivity contribution in [3.8, 4) is 0 Å². The molecular weight excluding hydrogens is 380 g/mol. The minimum atomic E-state index is 0.588. The smallest absolute Gasteiger partial charge is 0.0891 e. The molecule has 3 aromatic rings. The van der Waals surface area contributed by atoms with Gasteiger partial charge < -0.3 is 4.90 Å². The number of nitrogens with zero attached hydrogens (tertiary/aromatic N) is 4. The van der Waals surface area contributed by atoms with E-state index in [1.165, 1.54) is 25.9 Å². The number of para-hydroxylation sites is 1. The molecule has 29 heavy (non-hydrogen) atoms. The molecule has 0 spiro atoms. The first-order valence-electron chi connectivity index (χ1n) is 10.6. The lowest BCUT2D eigenvalue weighted by Crippen LogP contribution is -2.45. The zero-order valence-electron chi connectivity index (χ0n) is 17.1. The summed E-state index contributed by atoms with van der Waals surface area (Å²) in [6, 6.07) is 17.0. The largest absolute Gasteiger partial charge is 0.303 e. The molecule has 1 fully saturated rings. The number of piperidine rings is 1. The van der Waals surface area contributed by atoms with Crippen LogP contribution in [0.2, 0.25) is 5.02 Å². The lowest BCUT2D eigenvalue weighted by molar-refractivity contribution is 0.105. The number of benzene rings is 1. The summed E-state index contributed by atoms with van der Waals surface area (Å²) >= 11 is 6.40. The van der Waals surface area contributed by atoms with Gasteiger partial charge in [-0.1, -0.05) is 42.8 Å². The molecule has 5 heteroatoms. The molecule has 1 aliphatic rings. The van der Waals surface area contributed by atoms with Crippen LogP contribution in [0.5, 0.6) is 0 Å². The van der Waals surface area contributed by atoms with Crippen LogP contribution >= 0.6 is 11.6 Å². The van der Waals surface area contributed by atoms with Crippen molar-refractivity contribution < 1.29 is 0 Å². The summed E-state index contributed by atoms with van der Waals surface area (Å²) in [6.07, 6.45) is 5.27. The van der Waals surface area contributed by atoms with Crippen LogP contribution in [-0.2, 0) is 13.0 Å². The maximum atomic E-state index is 6.40. The molecule has 0 unspecified atom stereocenters. The number of hydrogen-bond donors (Lipinski definition) is 0. The second-order valence-electron chi connectivity index (χ2n) is 7.82. The van der Waals surface area contributed by atoms with Crippen molar-refractivity contribution in [3.63, 3.8) is 0 Å². The Hall–Kier alpha value is -2.01. The van der Waals surface area contributed by atoms with Crippen LogP contribution in [0.1, 0.15) is 31.2 Å². The van der Waals surface area contributed by atoms with Gasteiger partial charge in [0.25, 0.3) is 0 Å². The minimum Gasteiger partial charge on any atom is -0.303 e. The SMILES string of the molecule is CCN1CCC(N(CCc2ccccn2)Cc2ccc3cccc(Cl)c3n2)CC1. The Balaban J connectivity index is 1.52. The van der Waals surface area contributed by atoms with Gasteiger partial charge >= 0.3 is 0 Å². The number of likely N-dealkylation sites (tertiary alicyclic amines) is 1. The van der Waals surface area contributed by atoms with Crippen LogP contribution in [0, 0.1) is 0 Å². The van der Waals surface area contributed by atoms with Gasteiger partial charge in [0.1, 0.15) is 0 Å². The Morgan fingerprint density at radius 2 is 1.90 bits per heavy atom. The van der Waals surface area contributed by atoms with E-state index >= 15 is 0 Å². The van der Waals surface area contributed by atoms with E-state index in [4.69, 9.17) is 16.6 Å². The van der Waals surface area contributed by atoms with E-state index < -0.39 is 0 Å². The highest BCUT2D eigenvalue weighted by Gasteiger charge is 2.24. The lowest BCUT2D eigenvalue weighted by Gasteiger charge is -2.38. The topological polar surface area (TPSA) is 32.3 Å². The highest BCUT2D eigenvalue weighted by molar-refractivity contribution is 6.35. The predicted octanol–water partition coefficient (Wildman–Crippen LogP) is 4.81. The summed E-state index contributed by atoms with van der Waals surface area (Å²) < 4.78 is 0. The summed E-state index contributed by atoms with van der Waals surface area (Å²) in [6.45, 7) is 7.60. The van der Waals surface area contributed by atoms with Crippen molar-refractivity contribution in [2.24, 2.45) is 0 Å². The first-order valence-corrected chi connectivity index (χ1v) is 11.0. The quantitative estimate of drug-likeness (QED) is 0.561. The van der Waals surface area contributed by atoms with Gasteiger partial charge in [0.05, 0.1) is 16.2 Å². The number of fused-ring (bicyclic) bond motifs is 1. The van der Waals surface area contributed by atoms with Crippen molar-refractivity contribution in [2.75, 3.05) is 26.2 Å². The second-order valence-corrected chi connectivity index (χ2v) is 8.23. The van der Waals surface area contributed by atoms with Crippen molar-refractivity contribution in [1.29, 1.82) is 0 Å². The van der Waals surface area contributed by atoms with E-state index in [0.29, 0.717) is 6.04 Å². The molecule has 0 amide bonds. The fraction of sp³-hybridized carbons (Fsp3) is 0.417. The van der Waals surface area contributed by atoms with Crippen LogP contribution < -0.4 is 0 Å². The molecule has 4 nitrogen and oxygen atoms in total. The monoisotopic (exact) mass is 408 g/mol. The van der Waals surface area contributed by atoms with E-state index in [1.54, 1.807) is 0 Å². The summed E-state index contributed by atoms with van der Waals surface area (Å²) in [5, 5.41) is 1.82. The predicted molar refractivity (Wildman–Crippen MR) is 120 cm³/mol. The third-order valence-electron chi connectivity index (χ3n) is 6.00. The first-order chi connectivity index (χ1) is 14.2. The molecule has 3 heterocycles. The fourth-order valence-corrected chi connectivity index (χ4v) is 4.47. The summed E-state index contributed by atoms with van der Waals surface area (Å²) in [4.78, 5) is 14.6. The Bertz CT molecular complexity index is 923. The second kappa shape index (κ2) is 9.66. The fourth-order valence-electron chi connectivity index (χ4n) is 4.24. The molecule has 0 N–H and O–H groups in total. The van der Waals surface area contributed by atoms with E-state index in [-0.39, 0.29) is 0 Å². The zero-order chi connectivity index (χ0) is 20.1. The van der Waals surface area contributed by atoms with Crippen molar-refractivity contribution in [1.82, 2.24) is 19.8 Å². The van der Waals surface area contributed by atoms with E-state index in [1.807, 2.05) is 24.4 Å². The third-order valence-corrected chi connectivity index (χ3v) is 6.30. The van der Waals surface area contributed by atoms with Gasteiger partial charge in [-0.3, -0.25) is 9.88 Å². The van der Waals surface area contributed by atoms with Gasteiger partial charge in [-0.05, 0) is 56.7 Å². The third kappa shape index (κ3) is 5.13. The molecular formula is C24H29ClN4. The average molecular weight is 409 g/mol. The molecule has 4 rings (SSSR count). The van der Waals surface area contributed by atoms with Crippen molar-refractivity contribution in [2.45, 2.75) is 38.8 Å². The summed E-state index contributed by atoms with van der Waals surface area (Å²) in [7, 11) is 0. The van der Waals surface area contributed by atoms with Gasteiger partial charge in [0, 0.05) is 42.8 Å². The maximum absolute atomic E-state index is 6.40. The van der Waals surface area contributed by atoms with E-state index in [2.05, 4.69) is 52.0 Å². The summed E-state index contributed by atoms with van der Waals surface area (Å²) in [5.74, 6) is 0. The minimum absolute atomic E-state index is 0.588. The van der Waals surface area contributed by atoms with Gasteiger partial charge in [0.15, 0.2) is 0 Å². The van der Waals surface area contributed by atoms with Crippen molar-refractivity contribution in [3.05, 3.63) is 71.1 Å². The number of aromatic nitrogens is 2. The molecule has 0 bridgehead atoms. The Kier molecular flexibility index (Phi) is 6.75. The Morgan fingerprint density at radius 1 is 1.03 bits per heavy atom. The molecule has 2 aromatic heterocycles. The first kappa shape index (κ1) is 20.3.